The predicted octanol–water partition coefficient (Wildman–Crippen LogP) is 5.25. The Labute approximate surface area is 219 Å². The Morgan fingerprint density at radius 3 is 2.67 bits per heavy atom. The van der Waals surface area contributed by atoms with Gasteiger partial charge in [-0.05, 0) is 55.3 Å². The van der Waals surface area contributed by atoms with Crippen LogP contribution in [0, 0.1) is 5.82 Å². The zero-order valence-corrected chi connectivity index (χ0v) is 20.3. The van der Waals surface area contributed by atoms with Gasteiger partial charge in [0.05, 0.1) is 22.3 Å². The molecule has 0 spiro atoms. The average molecular weight is 545 g/mol. The van der Waals surface area contributed by atoms with Crippen LogP contribution >= 0.6 is 0 Å². The van der Waals surface area contributed by atoms with E-state index in [-0.39, 0.29) is 12.0 Å². The Bertz CT molecular complexity index is 1460. The molecule has 1 saturated heterocycles. The predicted molar refractivity (Wildman–Crippen MR) is 134 cm³/mol. The molecule has 9 nitrogen and oxygen atoms in total. The van der Waals surface area contributed by atoms with Crippen molar-refractivity contribution in [2.75, 3.05) is 17.2 Å². The van der Waals surface area contributed by atoms with E-state index >= 15 is 0 Å². The molecule has 0 radical (unpaired) electrons. The number of hydrogen-bond donors (Lipinski definition) is 4. The number of rotatable bonds is 6. The molecule has 0 bridgehead atoms. The summed E-state index contributed by atoms with van der Waals surface area (Å²) in [5, 5.41) is 7.28. The smallest absolute Gasteiger partial charge is 0.416 e. The van der Waals surface area contributed by atoms with Gasteiger partial charge in [0.2, 0.25) is 5.95 Å². The number of carbonyl (C=O) groups is 2. The molecule has 1 aromatic heterocycles. The van der Waals surface area contributed by atoms with Crippen molar-refractivity contribution >= 4 is 34.6 Å². The Kier molecular flexibility index (Phi) is 7.24. The number of hydrogen-bond acceptors (Lipinski definition) is 5. The van der Waals surface area contributed by atoms with Crippen LogP contribution in [0.25, 0.3) is 11.0 Å². The molecule has 5 rings (SSSR count). The van der Waals surface area contributed by atoms with Gasteiger partial charge in [-0.25, -0.2) is 14.2 Å². The molecule has 2 heterocycles. The molecule has 4 N–H and O–H groups in total. The summed E-state index contributed by atoms with van der Waals surface area (Å²) in [6, 6.07) is 6.10. The zero-order chi connectivity index (χ0) is 27.6. The second-order valence-corrected chi connectivity index (χ2v) is 8.94. The number of nitrogens with zero attached hydrogens (tertiary/aromatic N) is 1. The highest BCUT2D eigenvalue weighted by Crippen LogP contribution is 2.32. The number of urea groups is 1. The number of amides is 3. The van der Waals surface area contributed by atoms with E-state index in [0.29, 0.717) is 66.1 Å². The minimum Gasteiger partial charge on any atom is -0.486 e. The van der Waals surface area contributed by atoms with Gasteiger partial charge in [0.25, 0.3) is 5.91 Å². The van der Waals surface area contributed by atoms with E-state index in [2.05, 4.69) is 25.9 Å². The van der Waals surface area contributed by atoms with Crippen LogP contribution in [-0.2, 0) is 15.7 Å². The third-order valence-electron chi connectivity index (χ3n) is 6.06. The molecule has 1 aliphatic carbocycles. The van der Waals surface area contributed by atoms with E-state index in [0.717, 1.165) is 6.42 Å². The Balaban J connectivity index is 1.15. The highest BCUT2D eigenvalue weighted by Gasteiger charge is 2.31. The van der Waals surface area contributed by atoms with E-state index in [9.17, 15) is 27.2 Å². The maximum absolute atomic E-state index is 13.9. The van der Waals surface area contributed by atoms with Gasteiger partial charge in [-0.1, -0.05) is 6.08 Å². The van der Waals surface area contributed by atoms with Gasteiger partial charge < -0.3 is 25.1 Å². The third kappa shape index (κ3) is 6.37. The molecular weight excluding hydrogens is 522 g/mol. The van der Waals surface area contributed by atoms with E-state index in [1.54, 1.807) is 36.4 Å². The lowest BCUT2D eigenvalue weighted by molar-refractivity contribution is -0.137. The number of allylic oxidation sites excluding steroid dienone is 1. The van der Waals surface area contributed by atoms with Crippen LogP contribution in [0.15, 0.2) is 60.3 Å². The number of imidazole rings is 1. The monoisotopic (exact) mass is 545 g/mol. The number of aromatic nitrogens is 2. The van der Waals surface area contributed by atoms with Gasteiger partial charge in [-0.3, -0.25) is 10.1 Å². The Morgan fingerprint density at radius 2 is 1.95 bits per heavy atom. The first kappa shape index (κ1) is 26.2. The van der Waals surface area contributed by atoms with Crippen LogP contribution < -0.4 is 20.7 Å². The van der Waals surface area contributed by atoms with E-state index in [1.807, 2.05) is 0 Å². The molecule has 2 unspecified atom stereocenters. The van der Waals surface area contributed by atoms with Crippen LogP contribution in [-0.4, -0.2) is 40.7 Å². The molecule has 3 aromatic rings. The topological polar surface area (TPSA) is 117 Å². The lowest BCUT2D eigenvalue weighted by Gasteiger charge is -2.19. The zero-order valence-electron chi connectivity index (χ0n) is 20.3. The molecule has 1 aliphatic heterocycles. The minimum atomic E-state index is -4.67. The lowest BCUT2D eigenvalue weighted by Crippen LogP contribution is -2.29. The molecule has 0 saturated carbocycles. The first-order valence-corrected chi connectivity index (χ1v) is 12.1. The summed E-state index contributed by atoms with van der Waals surface area (Å²) in [6.07, 6.45) is 1.32. The van der Waals surface area contributed by atoms with Gasteiger partial charge in [0.15, 0.2) is 0 Å². The summed E-state index contributed by atoms with van der Waals surface area (Å²) < 4.78 is 63.9. The Morgan fingerprint density at radius 1 is 1.10 bits per heavy atom. The first-order valence-electron chi connectivity index (χ1n) is 12.1. The van der Waals surface area contributed by atoms with Gasteiger partial charge >= 0.3 is 12.2 Å². The molecular formula is C26H23F4N5O4. The normalized spacial score (nSPS) is 19.0. The van der Waals surface area contributed by atoms with Gasteiger partial charge in [-0.2, -0.15) is 13.2 Å². The fraction of sp³-hybridized carbons (Fsp3) is 0.269. The second kappa shape index (κ2) is 10.8. The highest BCUT2D eigenvalue weighted by molar-refractivity contribution is 5.94. The number of ether oxygens (including phenoxy) is 2. The van der Waals surface area contributed by atoms with Gasteiger partial charge in [-0.15, -0.1) is 0 Å². The van der Waals surface area contributed by atoms with Crippen LogP contribution in [0.1, 0.15) is 24.8 Å². The largest absolute Gasteiger partial charge is 0.486 e. The third-order valence-corrected chi connectivity index (χ3v) is 6.06. The van der Waals surface area contributed by atoms with Crippen molar-refractivity contribution in [2.45, 2.75) is 37.6 Å². The van der Waals surface area contributed by atoms with Gasteiger partial charge in [0, 0.05) is 24.8 Å². The van der Waals surface area contributed by atoms with Crippen LogP contribution in [0.5, 0.6) is 5.75 Å². The van der Waals surface area contributed by atoms with E-state index in [4.69, 9.17) is 9.47 Å². The standard InChI is InChI=1S/C26H23F4N5O4/c27-18-9-3-14(26(28,29)30)12-20(18)34-25(37)31-15-4-6-16(7-5-15)39-17-8-10-19-21(13-17)33-24(32-19)35-23(36)22-2-1-11-38-22/h3-6,8-10,12-13,16,22H,1-2,7,11H2,(H2,31,34,37)(H2,32,33,35,36). The number of fused-ring (bicyclic) bond motifs is 1. The molecule has 3 amide bonds. The number of benzene rings is 2. The summed E-state index contributed by atoms with van der Waals surface area (Å²) >= 11 is 0. The summed E-state index contributed by atoms with van der Waals surface area (Å²) in [5.74, 6) is -0.394. The maximum atomic E-state index is 13.9. The van der Waals surface area contributed by atoms with Crippen molar-refractivity contribution < 1.29 is 36.6 Å². The summed E-state index contributed by atoms with van der Waals surface area (Å²) in [7, 11) is 0. The fourth-order valence-electron chi connectivity index (χ4n) is 4.14. The maximum Gasteiger partial charge on any atom is 0.416 e. The number of alkyl halides is 3. The fourth-order valence-corrected chi connectivity index (χ4v) is 4.14. The Hall–Kier alpha value is -4.39. The average Bonchev–Trinajstić information content (AvgIpc) is 3.56. The summed E-state index contributed by atoms with van der Waals surface area (Å²) in [5.41, 5.74) is -0.00266. The van der Waals surface area contributed by atoms with Crippen molar-refractivity contribution in [3.05, 3.63) is 71.7 Å². The number of nitrogens with one attached hydrogen (secondary N) is 4. The van der Waals surface area contributed by atoms with Crippen molar-refractivity contribution in [3.8, 4) is 5.75 Å². The molecule has 204 valence electrons. The van der Waals surface area contributed by atoms with Crippen LogP contribution in [0.4, 0.5) is 34.0 Å². The molecule has 2 aliphatic rings. The minimum absolute atomic E-state index is 0.250. The van der Waals surface area contributed by atoms with Crippen molar-refractivity contribution in [1.82, 2.24) is 15.3 Å². The highest BCUT2D eigenvalue weighted by atomic mass is 19.4. The van der Waals surface area contributed by atoms with Crippen molar-refractivity contribution in [3.63, 3.8) is 0 Å². The number of anilines is 2. The summed E-state index contributed by atoms with van der Waals surface area (Å²) in [6.45, 7) is 0.564. The van der Waals surface area contributed by atoms with Crippen molar-refractivity contribution in [2.24, 2.45) is 0 Å². The second-order valence-electron chi connectivity index (χ2n) is 8.94. The summed E-state index contributed by atoms with van der Waals surface area (Å²) in [4.78, 5) is 31.9. The molecule has 1 fully saturated rings. The van der Waals surface area contributed by atoms with Crippen LogP contribution in [0.3, 0.4) is 0 Å². The molecule has 2 aromatic carbocycles. The van der Waals surface area contributed by atoms with Crippen LogP contribution in [0.2, 0.25) is 0 Å². The number of H-pyrrole nitrogens is 1. The van der Waals surface area contributed by atoms with Gasteiger partial charge in [0.1, 0.15) is 23.8 Å². The molecule has 2 atom stereocenters. The number of aromatic amines is 1. The van der Waals surface area contributed by atoms with E-state index in [1.165, 1.54) is 0 Å². The SMILES string of the molecule is O=C(NC1=CCC(Oc2ccc3nc(NC(=O)C4CCCO4)[nH]c3c2)C=C1)Nc1cc(C(F)(F)F)ccc1F. The molecule has 13 heteroatoms. The van der Waals surface area contributed by atoms with Crippen molar-refractivity contribution in [1.29, 1.82) is 0 Å². The van der Waals surface area contributed by atoms with E-state index < -0.39 is 35.4 Å². The number of halogens is 4. The number of carbonyl (C=O) groups excluding carboxylic acids is 2. The first-order chi connectivity index (χ1) is 18.6. The quantitative estimate of drug-likeness (QED) is 0.316. The molecule has 39 heavy (non-hydrogen) atoms. The lowest BCUT2D eigenvalue weighted by atomic mass is 10.1.